The van der Waals surface area contributed by atoms with Crippen LogP contribution < -0.4 is 10.5 Å². The van der Waals surface area contributed by atoms with Gasteiger partial charge in [0.25, 0.3) is 0 Å². The van der Waals surface area contributed by atoms with Crippen LogP contribution in [0.1, 0.15) is 5.56 Å². The van der Waals surface area contributed by atoms with E-state index in [0.29, 0.717) is 12.2 Å². The van der Waals surface area contributed by atoms with Gasteiger partial charge in [0.05, 0.1) is 19.9 Å². The molecule has 0 saturated carbocycles. The number of nitrogens with zero attached hydrogens (tertiary/aromatic N) is 3. The monoisotopic (exact) mass is 316 g/mol. The molecule has 0 unspecified atom stereocenters. The lowest BCUT2D eigenvalue weighted by Gasteiger charge is -2.03. The summed E-state index contributed by atoms with van der Waals surface area (Å²) in [6.07, 6.45) is 1.62. The predicted molar refractivity (Wildman–Crippen MR) is 81.9 cm³/mol. The van der Waals surface area contributed by atoms with Gasteiger partial charge in [-0.25, -0.2) is 13.5 Å². The number of halogens is 2. The zero-order valence-corrected chi connectivity index (χ0v) is 12.3. The molecule has 3 aromatic rings. The number of hydrogen-bond donors (Lipinski definition) is 1. The Balaban J connectivity index is 1.82. The van der Waals surface area contributed by atoms with Gasteiger partial charge in [0.15, 0.2) is 0 Å². The van der Waals surface area contributed by atoms with E-state index in [2.05, 4.69) is 10.3 Å². The van der Waals surface area contributed by atoms with E-state index < -0.39 is 17.3 Å². The highest BCUT2D eigenvalue weighted by atomic mass is 19.1. The molecule has 7 heteroatoms. The molecule has 1 aromatic heterocycles. The molecule has 0 radical (unpaired) electrons. The van der Waals surface area contributed by atoms with Crippen molar-refractivity contribution in [3.63, 3.8) is 0 Å². The molecular formula is C16H14F2N4O. The van der Waals surface area contributed by atoms with Crippen molar-refractivity contribution in [3.05, 3.63) is 59.8 Å². The zero-order chi connectivity index (χ0) is 16.4. The minimum atomic E-state index is -0.815. The summed E-state index contributed by atoms with van der Waals surface area (Å²) in [5, 5.41) is 7.91. The van der Waals surface area contributed by atoms with Crippen LogP contribution in [0.3, 0.4) is 0 Å². The molecule has 0 aliphatic carbocycles. The summed E-state index contributed by atoms with van der Waals surface area (Å²) in [5.74, 6) is -0.865. The average Bonchev–Trinajstić information content (AvgIpc) is 3.01. The Morgan fingerprint density at radius 3 is 2.39 bits per heavy atom. The van der Waals surface area contributed by atoms with Gasteiger partial charge in [0.2, 0.25) is 0 Å². The van der Waals surface area contributed by atoms with Gasteiger partial charge in [-0.05, 0) is 29.8 Å². The summed E-state index contributed by atoms with van der Waals surface area (Å²) >= 11 is 0. The molecule has 2 N–H and O–H groups in total. The van der Waals surface area contributed by atoms with Crippen molar-refractivity contribution in [1.29, 1.82) is 0 Å². The molecule has 0 spiro atoms. The largest absolute Gasteiger partial charge is 0.497 e. The number of nitrogen functional groups attached to an aromatic ring is 1. The molecule has 118 valence electrons. The third-order valence-corrected chi connectivity index (χ3v) is 3.42. The van der Waals surface area contributed by atoms with Crippen molar-refractivity contribution in [1.82, 2.24) is 15.0 Å². The topological polar surface area (TPSA) is 66.0 Å². The van der Waals surface area contributed by atoms with Crippen LogP contribution in [0.5, 0.6) is 5.75 Å². The second-order valence-electron chi connectivity index (χ2n) is 5.00. The Morgan fingerprint density at radius 1 is 1.13 bits per heavy atom. The SMILES string of the molecule is COc1ccc(Cn2cc(-c3cc(F)c(N)c(F)c3)nn2)cc1. The lowest BCUT2D eigenvalue weighted by Crippen LogP contribution is -2.00. The van der Waals surface area contributed by atoms with Crippen LogP contribution in [-0.2, 0) is 6.54 Å². The van der Waals surface area contributed by atoms with Crippen LogP contribution in [0.4, 0.5) is 14.5 Å². The Labute approximate surface area is 131 Å². The van der Waals surface area contributed by atoms with Gasteiger partial charge < -0.3 is 10.5 Å². The summed E-state index contributed by atoms with van der Waals surface area (Å²) in [5.41, 5.74) is 6.41. The summed E-state index contributed by atoms with van der Waals surface area (Å²) in [6, 6.07) is 9.78. The average molecular weight is 316 g/mol. The lowest BCUT2D eigenvalue weighted by molar-refractivity contribution is 0.414. The van der Waals surface area contributed by atoms with Crippen molar-refractivity contribution < 1.29 is 13.5 Å². The first kappa shape index (κ1) is 15.0. The number of nitrogens with two attached hydrogens (primary N) is 1. The number of ether oxygens (including phenoxy) is 1. The van der Waals surface area contributed by atoms with Crippen molar-refractivity contribution >= 4 is 5.69 Å². The van der Waals surface area contributed by atoms with E-state index in [1.807, 2.05) is 24.3 Å². The van der Waals surface area contributed by atoms with Crippen LogP contribution >= 0.6 is 0 Å². The second-order valence-corrected chi connectivity index (χ2v) is 5.00. The van der Waals surface area contributed by atoms with Crippen LogP contribution in [0.25, 0.3) is 11.3 Å². The number of rotatable bonds is 4. The summed E-state index contributed by atoms with van der Waals surface area (Å²) in [6.45, 7) is 0.483. The number of hydrogen-bond acceptors (Lipinski definition) is 4. The Bertz CT molecular complexity index is 807. The first-order valence-electron chi connectivity index (χ1n) is 6.85. The first-order valence-corrected chi connectivity index (χ1v) is 6.85. The quantitative estimate of drug-likeness (QED) is 0.752. The normalized spacial score (nSPS) is 10.7. The molecule has 0 atom stereocenters. The third-order valence-electron chi connectivity index (χ3n) is 3.42. The summed E-state index contributed by atoms with van der Waals surface area (Å²) in [4.78, 5) is 0. The van der Waals surface area contributed by atoms with E-state index in [1.54, 1.807) is 18.0 Å². The van der Waals surface area contributed by atoms with Gasteiger partial charge >= 0.3 is 0 Å². The summed E-state index contributed by atoms with van der Waals surface area (Å²) < 4.78 is 33.7. The smallest absolute Gasteiger partial charge is 0.149 e. The maximum Gasteiger partial charge on any atom is 0.149 e. The summed E-state index contributed by atoms with van der Waals surface area (Å²) in [7, 11) is 1.60. The highest BCUT2D eigenvalue weighted by Gasteiger charge is 2.11. The highest BCUT2D eigenvalue weighted by Crippen LogP contribution is 2.24. The van der Waals surface area contributed by atoms with E-state index in [0.717, 1.165) is 23.4 Å². The first-order chi connectivity index (χ1) is 11.1. The van der Waals surface area contributed by atoms with Crippen LogP contribution in [-0.4, -0.2) is 22.1 Å². The van der Waals surface area contributed by atoms with Crippen molar-refractivity contribution in [3.8, 4) is 17.0 Å². The minimum Gasteiger partial charge on any atom is -0.497 e. The fourth-order valence-electron chi connectivity index (χ4n) is 2.16. The molecule has 0 saturated heterocycles. The number of aromatic nitrogens is 3. The Morgan fingerprint density at radius 2 is 1.78 bits per heavy atom. The molecule has 5 nitrogen and oxygen atoms in total. The van der Waals surface area contributed by atoms with Gasteiger partial charge in [-0.3, -0.25) is 0 Å². The fourth-order valence-corrected chi connectivity index (χ4v) is 2.16. The molecule has 0 bridgehead atoms. The molecule has 23 heavy (non-hydrogen) atoms. The van der Waals surface area contributed by atoms with Crippen molar-refractivity contribution in [2.45, 2.75) is 6.54 Å². The standard InChI is InChI=1S/C16H14F2N4O/c1-23-12-4-2-10(3-5-12)8-22-9-15(20-21-22)11-6-13(17)16(19)14(18)7-11/h2-7,9H,8,19H2,1H3. The van der Waals surface area contributed by atoms with E-state index in [-0.39, 0.29) is 5.56 Å². The molecule has 0 aliphatic heterocycles. The molecule has 0 aliphatic rings. The van der Waals surface area contributed by atoms with Crippen molar-refractivity contribution in [2.75, 3.05) is 12.8 Å². The van der Waals surface area contributed by atoms with Gasteiger partial charge in [-0.2, -0.15) is 0 Å². The lowest BCUT2D eigenvalue weighted by atomic mass is 10.1. The highest BCUT2D eigenvalue weighted by molar-refractivity contribution is 5.62. The fraction of sp³-hybridized carbons (Fsp3) is 0.125. The number of methoxy groups -OCH3 is 1. The van der Waals surface area contributed by atoms with Gasteiger partial charge in [0, 0.05) is 5.56 Å². The molecule has 2 aromatic carbocycles. The number of anilines is 1. The Hall–Kier alpha value is -2.96. The van der Waals surface area contributed by atoms with Gasteiger partial charge in [-0.15, -0.1) is 5.10 Å². The third kappa shape index (κ3) is 3.13. The van der Waals surface area contributed by atoms with Crippen LogP contribution in [0, 0.1) is 11.6 Å². The molecular weight excluding hydrogens is 302 g/mol. The zero-order valence-electron chi connectivity index (χ0n) is 12.3. The second kappa shape index (κ2) is 6.04. The maximum atomic E-state index is 13.5. The predicted octanol–water partition coefficient (Wildman–Crippen LogP) is 2.86. The minimum absolute atomic E-state index is 0.287. The van der Waals surface area contributed by atoms with Gasteiger partial charge in [0.1, 0.15) is 28.8 Å². The molecule has 3 rings (SSSR count). The molecule has 1 heterocycles. The van der Waals surface area contributed by atoms with Crippen molar-refractivity contribution in [2.24, 2.45) is 0 Å². The maximum absolute atomic E-state index is 13.5. The van der Waals surface area contributed by atoms with Crippen LogP contribution in [0.2, 0.25) is 0 Å². The molecule has 0 amide bonds. The van der Waals surface area contributed by atoms with Crippen LogP contribution in [0.15, 0.2) is 42.6 Å². The van der Waals surface area contributed by atoms with E-state index in [1.165, 1.54) is 0 Å². The van der Waals surface area contributed by atoms with E-state index in [9.17, 15) is 8.78 Å². The van der Waals surface area contributed by atoms with Gasteiger partial charge in [-0.1, -0.05) is 17.3 Å². The molecule has 0 fully saturated rings. The van der Waals surface area contributed by atoms with E-state index in [4.69, 9.17) is 10.5 Å². The Kier molecular flexibility index (Phi) is 3.92. The van der Waals surface area contributed by atoms with E-state index >= 15 is 0 Å². The number of benzene rings is 2.